The minimum Gasteiger partial charge on any atom is -0.356 e. The van der Waals surface area contributed by atoms with Gasteiger partial charge in [-0.3, -0.25) is 4.79 Å². The topological polar surface area (TPSA) is 29.1 Å². The molecule has 92 valence electrons. The van der Waals surface area contributed by atoms with E-state index in [1.165, 1.54) is 12.0 Å². The van der Waals surface area contributed by atoms with E-state index in [-0.39, 0.29) is 5.91 Å². The predicted molar refractivity (Wildman–Crippen MR) is 69.8 cm³/mol. The Morgan fingerprint density at radius 1 is 1.35 bits per heavy atom. The highest BCUT2D eigenvalue weighted by Crippen LogP contribution is 2.26. The quantitative estimate of drug-likeness (QED) is 0.829. The van der Waals surface area contributed by atoms with Crippen LogP contribution in [0, 0.1) is 5.92 Å². The van der Waals surface area contributed by atoms with Gasteiger partial charge in [-0.1, -0.05) is 43.7 Å². The molecule has 0 saturated heterocycles. The second-order valence-electron chi connectivity index (χ2n) is 5.02. The summed E-state index contributed by atoms with van der Waals surface area (Å²) in [5.41, 5.74) is 1.35. The average molecular weight is 231 g/mol. The Morgan fingerprint density at radius 2 is 2.06 bits per heavy atom. The Balaban J connectivity index is 1.69. The molecule has 1 aromatic rings. The van der Waals surface area contributed by atoms with Crippen LogP contribution in [0.5, 0.6) is 0 Å². The van der Waals surface area contributed by atoms with Crippen molar-refractivity contribution in [3.05, 3.63) is 35.9 Å². The molecular weight excluding hydrogens is 210 g/mol. The van der Waals surface area contributed by atoms with Gasteiger partial charge in [-0.15, -0.1) is 0 Å². The van der Waals surface area contributed by atoms with Crippen LogP contribution in [-0.2, 0) is 4.79 Å². The van der Waals surface area contributed by atoms with Crippen LogP contribution in [0.2, 0.25) is 0 Å². The summed E-state index contributed by atoms with van der Waals surface area (Å²) in [4.78, 5) is 11.6. The molecular formula is C15H21NO. The Labute approximate surface area is 103 Å². The third-order valence-electron chi connectivity index (χ3n) is 3.72. The van der Waals surface area contributed by atoms with Crippen LogP contribution in [0.25, 0.3) is 0 Å². The lowest BCUT2D eigenvalue weighted by Crippen LogP contribution is -2.35. The zero-order chi connectivity index (χ0) is 12.1. The predicted octanol–water partition coefficient (Wildman–Crippen LogP) is 3.10. The van der Waals surface area contributed by atoms with Crippen LogP contribution in [0.15, 0.2) is 30.3 Å². The van der Waals surface area contributed by atoms with Crippen LogP contribution in [0.4, 0.5) is 0 Å². The van der Waals surface area contributed by atoms with E-state index in [0.29, 0.717) is 11.8 Å². The average Bonchev–Trinajstić information content (AvgIpc) is 2.27. The van der Waals surface area contributed by atoms with Crippen molar-refractivity contribution in [3.63, 3.8) is 0 Å². The normalized spacial score (nSPS) is 17.2. The van der Waals surface area contributed by atoms with Gasteiger partial charge in [-0.2, -0.15) is 0 Å². The maximum atomic E-state index is 11.6. The Morgan fingerprint density at radius 3 is 2.65 bits per heavy atom. The van der Waals surface area contributed by atoms with E-state index < -0.39 is 0 Å². The van der Waals surface area contributed by atoms with Gasteiger partial charge < -0.3 is 5.32 Å². The molecule has 0 radical (unpaired) electrons. The third-order valence-corrected chi connectivity index (χ3v) is 3.72. The molecule has 1 atom stereocenters. The van der Waals surface area contributed by atoms with Gasteiger partial charge in [0.25, 0.3) is 0 Å². The summed E-state index contributed by atoms with van der Waals surface area (Å²) in [6.07, 6.45) is 4.40. The smallest absolute Gasteiger partial charge is 0.223 e. The SMILES string of the molecule is C[C@H](CCNC(=O)C1CCC1)c1ccccc1. The molecule has 0 unspecified atom stereocenters. The zero-order valence-corrected chi connectivity index (χ0v) is 10.5. The van der Waals surface area contributed by atoms with Crippen LogP contribution in [-0.4, -0.2) is 12.5 Å². The molecule has 1 saturated carbocycles. The lowest BCUT2D eigenvalue weighted by atomic mass is 9.85. The summed E-state index contributed by atoms with van der Waals surface area (Å²) in [7, 11) is 0. The summed E-state index contributed by atoms with van der Waals surface area (Å²) >= 11 is 0. The molecule has 0 spiro atoms. The number of carbonyl (C=O) groups excluding carboxylic acids is 1. The van der Waals surface area contributed by atoms with Crippen molar-refractivity contribution in [1.29, 1.82) is 0 Å². The molecule has 1 aliphatic carbocycles. The fourth-order valence-corrected chi connectivity index (χ4v) is 2.17. The number of hydrogen-bond acceptors (Lipinski definition) is 1. The summed E-state index contributed by atoms with van der Waals surface area (Å²) < 4.78 is 0. The first-order chi connectivity index (χ1) is 8.27. The van der Waals surface area contributed by atoms with E-state index in [9.17, 15) is 4.79 Å². The first-order valence-electron chi connectivity index (χ1n) is 6.60. The van der Waals surface area contributed by atoms with Crippen LogP contribution >= 0.6 is 0 Å². The van der Waals surface area contributed by atoms with Gasteiger partial charge in [0, 0.05) is 12.5 Å². The van der Waals surface area contributed by atoms with E-state index in [1.54, 1.807) is 0 Å². The van der Waals surface area contributed by atoms with E-state index in [2.05, 4.69) is 36.5 Å². The highest BCUT2D eigenvalue weighted by atomic mass is 16.1. The van der Waals surface area contributed by atoms with Crippen molar-refractivity contribution < 1.29 is 4.79 Å². The fraction of sp³-hybridized carbons (Fsp3) is 0.533. The van der Waals surface area contributed by atoms with Crippen molar-refractivity contribution >= 4 is 5.91 Å². The Kier molecular flexibility index (Phi) is 4.18. The fourth-order valence-electron chi connectivity index (χ4n) is 2.17. The first kappa shape index (κ1) is 12.2. The number of hydrogen-bond donors (Lipinski definition) is 1. The molecule has 17 heavy (non-hydrogen) atoms. The zero-order valence-electron chi connectivity index (χ0n) is 10.5. The molecule has 1 fully saturated rings. The standard InChI is InChI=1S/C15H21NO/c1-12(13-6-3-2-4-7-13)10-11-16-15(17)14-8-5-9-14/h2-4,6-7,12,14H,5,8-11H2,1H3,(H,16,17)/t12-/m1/s1. The summed E-state index contributed by atoms with van der Waals surface area (Å²) in [6.45, 7) is 3.01. The number of carbonyl (C=O) groups is 1. The second-order valence-corrected chi connectivity index (χ2v) is 5.02. The molecule has 0 aromatic heterocycles. The molecule has 1 N–H and O–H groups in total. The molecule has 1 aliphatic rings. The Bertz CT molecular complexity index is 356. The van der Waals surface area contributed by atoms with E-state index in [1.807, 2.05) is 6.07 Å². The van der Waals surface area contributed by atoms with Gasteiger partial charge >= 0.3 is 0 Å². The maximum Gasteiger partial charge on any atom is 0.223 e. The number of amides is 1. The number of nitrogens with one attached hydrogen (secondary N) is 1. The van der Waals surface area contributed by atoms with Gasteiger partial charge in [-0.05, 0) is 30.7 Å². The molecule has 2 heteroatoms. The van der Waals surface area contributed by atoms with Crippen LogP contribution < -0.4 is 5.32 Å². The molecule has 1 amide bonds. The summed E-state index contributed by atoms with van der Waals surface area (Å²) in [5, 5.41) is 3.05. The minimum absolute atomic E-state index is 0.261. The van der Waals surface area contributed by atoms with Gasteiger partial charge in [0.15, 0.2) is 0 Å². The minimum atomic E-state index is 0.261. The lowest BCUT2D eigenvalue weighted by molar-refractivity contribution is -0.127. The van der Waals surface area contributed by atoms with Gasteiger partial charge in [0.2, 0.25) is 5.91 Å². The van der Waals surface area contributed by atoms with E-state index in [4.69, 9.17) is 0 Å². The largest absolute Gasteiger partial charge is 0.356 e. The van der Waals surface area contributed by atoms with Crippen molar-refractivity contribution in [2.45, 2.75) is 38.5 Å². The number of rotatable bonds is 5. The van der Waals surface area contributed by atoms with Crippen LogP contribution in [0.3, 0.4) is 0 Å². The first-order valence-corrected chi connectivity index (χ1v) is 6.60. The highest BCUT2D eigenvalue weighted by molar-refractivity contribution is 5.79. The van der Waals surface area contributed by atoms with E-state index >= 15 is 0 Å². The van der Waals surface area contributed by atoms with Crippen LogP contribution in [0.1, 0.15) is 44.1 Å². The molecule has 0 bridgehead atoms. The van der Waals surface area contributed by atoms with Crippen molar-refractivity contribution in [2.24, 2.45) is 5.92 Å². The maximum absolute atomic E-state index is 11.6. The molecule has 2 nitrogen and oxygen atoms in total. The summed E-state index contributed by atoms with van der Waals surface area (Å²) in [5.74, 6) is 1.08. The highest BCUT2D eigenvalue weighted by Gasteiger charge is 2.24. The molecule has 0 heterocycles. The molecule has 1 aromatic carbocycles. The molecule has 2 rings (SSSR count). The lowest BCUT2D eigenvalue weighted by Gasteiger charge is -2.24. The summed E-state index contributed by atoms with van der Waals surface area (Å²) in [6, 6.07) is 10.5. The Hall–Kier alpha value is -1.31. The van der Waals surface area contributed by atoms with Crippen molar-refractivity contribution in [1.82, 2.24) is 5.32 Å². The third kappa shape index (κ3) is 3.32. The van der Waals surface area contributed by atoms with Gasteiger partial charge in [-0.25, -0.2) is 0 Å². The monoisotopic (exact) mass is 231 g/mol. The molecule has 0 aliphatic heterocycles. The number of benzene rings is 1. The van der Waals surface area contributed by atoms with Crippen molar-refractivity contribution in [2.75, 3.05) is 6.54 Å². The van der Waals surface area contributed by atoms with Gasteiger partial charge in [0.1, 0.15) is 0 Å². The van der Waals surface area contributed by atoms with E-state index in [0.717, 1.165) is 25.8 Å². The second kappa shape index (κ2) is 5.85. The van der Waals surface area contributed by atoms with Crippen molar-refractivity contribution in [3.8, 4) is 0 Å². The van der Waals surface area contributed by atoms with Gasteiger partial charge in [0.05, 0.1) is 0 Å².